The van der Waals surface area contributed by atoms with Gasteiger partial charge in [0.1, 0.15) is 0 Å². The number of halogens is 1. The van der Waals surface area contributed by atoms with Crippen LogP contribution in [-0.2, 0) is 9.59 Å². The third-order valence-corrected chi connectivity index (χ3v) is 3.41. The Morgan fingerprint density at radius 1 is 1.15 bits per heavy atom. The number of carbonyl (C=O) groups is 2. The molecule has 110 valence electrons. The van der Waals surface area contributed by atoms with Gasteiger partial charge in [-0.1, -0.05) is 6.92 Å². The van der Waals surface area contributed by atoms with Crippen molar-refractivity contribution >= 4 is 35.6 Å². The molecule has 1 aliphatic heterocycles. The van der Waals surface area contributed by atoms with Crippen LogP contribution in [0.3, 0.4) is 0 Å². The molecule has 3 N–H and O–H groups in total. The van der Waals surface area contributed by atoms with Gasteiger partial charge in [0.05, 0.1) is 0 Å². The molecule has 0 spiro atoms. The van der Waals surface area contributed by atoms with Gasteiger partial charge in [-0.05, 0) is 43.3 Å². The molecule has 0 aliphatic carbocycles. The number of carbonyl (C=O) groups excluding carboxylic acids is 2. The maximum absolute atomic E-state index is 12.0. The van der Waals surface area contributed by atoms with Gasteiger partial charge in [0, 0.05) is 24.2 Å². The summed E-state index contributed by atoms with van der Waals surface area (Å²) in [7, 11) is 0. The molecule has 1 aliphatic rings. The molecule has 1 fully saturated rings. The molecular formula is C14H20ClN3O2. The fraction of sp³-hybridized carbons (Fsp3) is 0.429. The zero-order valence-corrected chi connectivity index (χ0v) is 12.4. The SMILES string of the molecule is CC(=O)Nc1ccc(NC(=O)C(C)C2CNC2)cc1.Cl. The van der Waals surface area contributed by atoms with Gasteiger partial charge in [-0.15, -0.1) is 12.4 Å². The minimum atomic E-state index is -0.108. The average Bonchev–Trinajstić information content (AvgIpc) is 2.28. The van der Waals surface area contributed by atoms with E-state index < -0.39 is 0 Å². The molecule has 2 amide bonds. The van der Waals surface area contributed by atoms with E-state index in [0.717, 1.165) is 24.5 Å². The standard InChI is InChI=1S/C14H19N3O2.ClH/c1-9(11-7-15-8-11)14(19)17-13-5-3-12(4-6-13)16-10(2)18;/h3-6,9,11,15H,7-8H2,1-2H3,(H,16,18)(H,17,19);1H. The third-order valence-electron chi connectivity index (χ3n) is 3.41. The summed E-state index contributed by atoms with van der Waals surface area (Å²) in [5, 5.41) is 8.74. The fourth-order valence-electron chi connectivity index (χ4n) is 1.97. The first-order valence-electron chi connectivity index (χ1n) is 6.45. The van der Waals surface area contributed by atoms with Crippen molar-refractivity contribution in [2.75, 3.05) is 23.7 Å². The van der Waals surface area contributed by atoms with Crippen LogP contribution in [0.4, 0.5) is 11.4 Å². The van der Waals surface area contributed by atoms with Gasteiger partial charge in [-0.3, -0.25) is 9.59 Å². The first-order chi connectivity index (χ1) is 9.06. The highest BCUT2D eigenvalue weighted by atomic mass is 35.5. The molecule has 1 atom stereocenters. The van der Waals surface area contributed by atoms with E-state index in [-0.39, 0.29) is 30.1 Å². The number of hydrogen-bond donors (Lipinski definition) is 3. The Morgan fingerprint density at radius 3 is 2.05 bits per heavy atom. The Labute approximate surface area is 124 Å². The summed E-state index contributed by atoms with van der Waals surface area (Å²) in [4.78, 5) is 22.9. The summed E-state index contributed by atoms with van der Waals surface area (Å²) in [6.45, 7) is 5.24. The van der Waals surface area contributed by atoms with E-state index >= 15 is 0 Å². The van der Waals surface area contributed by atoms with Gasteiger partial charge in [0.2, 0.25) is 11.8 Å². The lowest BCUT2D eigenvalue weighted by atomic mass is 9.88. The summed E-state index contributed by atoms with van der Waals surface area (Å²) in [6.07, 6.45) is 0. The highest BCUT2D eigenvalue weighted by Gasteiger charge is 2.28. The predicted octanol–water partition coefficient (Wildman–Crippen LogP) is 1.86. The molecule has 0 bridgehead atoms. The van der Waals surface area contributed by atoms with Crippen molar-refractivity contribution in [3.63, 3.8) is 0 Å². The molecule has 2 rings (SSSR count). The fourth-order valence-corrected chi connectivity index (χ4v) is 1.97. The number of nitrogens with one attached hydrogen (secondary N) is 3. The van der Waals surface area contributed by atoms with Crippen molar-refractivity contribution < 1.29 is 9.59 Å². The van der Waals surface area contributed by atoms with Crippen molar-refractivity contribution in [2.45, 2.75) is 13.8 Å². The molecule has 20 heavy (non-hydrogen) atoms. The van der Waals surface area contributed by atoms with Crippen LogP contribution >= 0.6 is 12.4 Å². The Kier molecular flexibility index (Phi) is 5.98. The molecule has 1 aromatic rings. The third kappa shape index (κ3) is 4.21. The van der Waals surface area contributed by atoms with Gasteiger partial charge in [0.25, 0.3) is 0 Å². The summed E-state index contributed by atoms with van der Waals surface area (Å²) in [6, 6.07) is 7.11. The Hall–Kier alpha value is -1.59. The molecule has 0 saturated carbocycles. The molecule has 1 heterocycles. The monoisotopic (exact) mass is 297 g/mol. The van der Waals surface area contributed by atoms with Gasteiger partial charge >= 0.3 is 0 Å². The van der Waals surface area contributed by atoms with Crippen molar-refractivity contribution in [2.24, 2.45) is 11.8 Å². The molecular weight excluding hydrogens is 278 g/mol. The molecule has 1 aromatic carbocycles. The second-order valence-corrected chi connectivity index (χ2v) is 4.95. The smallest absolute Gasteiger partial charge is 0.227 e. The van der Waals surface area contributed by atoms with Gasteiger partial charge in [0.15, 0.2) is 0 Å². The molecule has 0 radical (unpaired) electrons. The van der Waals surface area contributed by atoms with Crippen LogP contribution in [0.5, 0.6) is 0 Å². The van der Waals surface area contributed by atoms with Crippen LogP contribution in [0.25, 0.3) is 0 Å². The molecule has 5 nitrogen and oxygen atoms in total. The first kappa shape index (κ1) is 16.5. The summed E-state index contributed by atoms with van der Waals surface area (Å²) < 4.78 is 0. The largest absolute Gasteiger partial charge is 0.326 e. The lowest BCUT2D eigenvalue weighted by Gasteiger charge is -2.31. The van der Waals surface area contributed by atoms with Crippen LogP contribution < -0.4 is 16.0 Å². The van der Waals surface area contributed by atoms with Crippen LogP contribution in [-0.4, -0.2) is 24.9 Å². The van der Waals surface area contributed by atoms with E-state index in [2.05, 4.69) is 16.0 Å². The van der Waals surface area contributed by atoms with Crippen LogP contribution in [0.15, 0.2) is 24.3 Å². The quantitative estimate of drug-likeness (QED) is 0.794. The lowest BCUT2D eigenvalue weighted by molar-refractivity contribution is -0.121. The average molecular weight is 298 g/mol. The Balaban J connectivity index is 0.00000200. The van der Waals surface area contributed by atoms with E-state index in [1.54, 1.807) is 24.3 Å². The number of anilines is 2. The summed E-state index contributed by atoms with van der Waals surface area (Å²) in [5.41, 5.74) is 1.47. The number of benzene rings is 1. The Bertz CT molecular complexity index is 472. The van der Waals surface area contributed by atoms with Gasteiger partial charge in [-0.2, -0.15) is 0 Å². The number of amides is 2. The van der Waals surface area contributed by atoms with Gasteiger partial charge < -0.3 is 16.0 Å². The van der Waals surface area contributed by atoms with Crippen molar-refractivity contribution in [3.05, 3.63) is 24.3 Å². The second kappa shape index (κ2) is 7.26. The maximum atomic E-state index is 12.0. The molecule has 1 saturated heterocycles. The highest BCUT2D eigenvalue weighted by molar-refractivity contribution is 5.93. The lowest BCUT2D eigenvalue weighted by Crippen LogP contribution is -2.48. The molecule has 6 heteroatoms. The summed E-state index contributed by atoms with van der Waals surface area (Å²) in [5.74, 6) is 0.372. The van der Waals surface area contributed by atoms with E-state index in [1.165, 1.54) is 6.92 Å². The normalized spacial score (nSPS) is 15.5. The first-order valence-corrected chi connectivity index (χ1v) is 6.45. The van der Waals surface area contributed by atoms with E-state index in [1.807, 2.05) is 6.92 Å². The maximum Gasteiger partial charge on any atom is 0.227 e. The Morgan fingerprint density at radius 2 is 1.65 bits per heavy atom. The van der Waals surface area contributed by atoms with Crippen molar-refractivity contribution in [3.8, 4) is 0 Å². The number of rotatable bonds is 4. The highest BCUT2D eigenvalue weighted by Crippen LogP contribution is 2.19. The zero-order valence-electron chi connectivity index (χ0n) is 11.6. The second-order valence-electron chi connectivity index (χ2n) is 4.95. The number of hydrogen-bond acceptors (Lipinski definition) is 3. The van der Waals surface area contributed by atoms with Crippen LogP contribution in [0.1, 0.15) is 13.8 Å². The van der Waals surface area contributed by atoms with E-state index in [9.17, 15) is 9.59 Å². The van der Waals surface area contributed by atoms with Crippen LogP contribution in [0.2, 0.25) is 0 Å². The van der Waals surface area contributed by atoms with E-state index in [0.29, 0.717) is 5.92 Å². The zero-order chi connectivity index (χ0) is 13.8. The van der Waals surface area contributed by atoms with E-state index in [4.69, 9.17) is 0 Å². The van der Waals surface area contributed by atoms with Crippen LogP contribution in [0, 0.1) is 11.8 Å². The topological polar surface area (TPSA) is 70.2 Å². The van der Waals surface area contributed by atoms with Crippen molar-refractivity contribution in [1.82, 2.24) is 5.32 Å². The molecule has 0 aromatic heterocycles. The predicted molar refractivity (Wildman–Crippen MR) is 82.1 cm³/mol. The van der Waals surface area contributed by atoms with Crippen molar-refractivity contribution in [1.29, 1.82) is 0 Å². The minimum absolute atomic E-state index is 0. The summed E-state index contributed by atoms with van der Waals surface area (Å²) >= 11 is 0. The molecule has 1 unspecified atom stereocenters. The minimum Gasteiger partial charge on any atom is -0.326 e. The van der Waals surface area contributed by atoms with Gasteiger partial charge in [-0.25, -0.2) is 0 Å².